The summed E-state index contributed by atoms with van der Waals surface area (Å²) >= 11 is 0. The first-order chi connectivity index (χ1) is 9.36. The third-order valence-corrected chi connectivity index (χ3v) is 3.91. The number of anilines is 1. The average molecular weight is 257 g/mol. The van der Waals surface area contributed by atoms with Gasteiger partial charge in [0.1, 0.15) is 5.75 Å². The number of rotatable bonds is 3. The SMILES string of the molecule is COc1cccc(C2CCN(c3cn[nH]c3)CC2)c1. The molecule has 0 amide bonds. The average Bonchev–Trinajstić information content (AvgIpc) is 3.02. The van der Waals surface area contributed by atoms with Crippen molar-refractivity contribution in [3.05, 3.63) is 42.2 Å². The predicted molar refractivity (Wildman–Crippen MR) is 75.8 cm³/mol. The number of hydrogen-bond donors (Lipinski definition) is 1. The van der Waals surface area contributed by atoms with Gasteiger partial charge in [-0.2, -0.15) is 5.10 Å². The Balaban J connectivity index is 1.66. The van der Waals surface area contributed by atoms with Gasteiger partial charge in [-0.3, -0.25) is 5.10 Å². The molecule has 100 valence electrons. The van der Waals surface area contributed by atoms with E-state index in [1.54, 1.807) is 7.11 Å². The number of H-pyrrole nitrogens is 1. The van der Waals surface area contributed by atoms with Crippen LogP contribution in [0.5, 0.6) is 5.75 Å². The zero-order valence-electron chi connectivity index (χ0n) is 11.2. The van der Waals surface area contributed by atoms with Gasteiger partial charge in [0.2, 0.25) is 0 Å². The molecule has 0 radical (unpaired) electrons. The molecular formula is C15H19N3O. The Hall–Kier alpha value is -1.97. The van der Waals surface area contributed by atoms with Gasteiger partial charge in [0.15, 0.2) is 0 Å². The fourth-order valence-corrected chi connectivity index (χ4v) is 2.78. The number of nitrogens with one attached hydrogen (secondary N) is 1. The maximum Gasteiger partial charge on any atom is 0.119 e. The summed E-state index contributed by atoms with van der Waals surface area (Å²) in [6.45, 7) is 2.17. The van der Waals surface area contributed by atoms with Crippen LogP contribution in [0.15, 0.2) is 36.7 Å². The number of benzene rings is 1. The summed E-state index contributed by atoms with van der Waals surface area (Å²) in [5.41, 5.74) is 2.59. The summed E-state index contributed by atoms with van der Waals surface area (Å²) in [5.74, 6) is 1.59. The fraction of sp³-hybridized carbons (Fsp3) is 0.400. The van der Waals surface area contributed by atoms with Crippen LogP contribution in [0, 0.1) is 0 Å². The highest BCUT2D eigenvalue weighted by atomic mass is 16.5. The molecule has 1 aliphatic heterocycles. The lowest BCUT2D eigenvalue weighted by molar-refractivity contribution is 0.412. The number of piperidine rings is 1. The molecule has 1 saturated heterocycles. The van der Waals surface area contributed by atoms with Crippen LogP contribution >= 0.6 is 0 Å². The number of ether oxygens (including phenoxy) is 1. The Morgan fingerprint density at radius 1 is 1.32 bits per heavy atom. The highest BCUT2D eigenvalue weighted by Crippen LogP contribution is 2.31. The third kappa shape index (κ3) is 2.57. The summed E-state index contributed by atoms with van der Waals surface area (Å²) in [6.07, 6.45) is 6.22. The Morgan fingerprint density at radius 2 is 2.16 bits per heavy atom. The van der Waals surface area contributed by atoms with E-state index >= 15 is 0 Å². The van der Waals surface area contributed by atoms with Gasteiger partial charge in [0.05, 0.1) is 19.0 Å². The molecule has 1 aromatic heterocycles. The molecule has 4 nitrogen and oxygen atoms in total. The molecule has 4 heteroatoms. The Bertz CT molecular complexity index is 516. The molecule has 0 bridgehead atoms. The molecule has 3 rings (SSSR count). The van der Waals surface area contributed by atoms with Gasteiger partial charge in [0, 0.05) is 19.3 Å². The van der Waals surface area contributed by atoms with Crippen LogP contribution in [0.4, 0.5) is 5.69 Å². The number of aromatic amines is 1. The van der Waals surface area contributed by atoms with Crippen LogP contribution in [-0.4, -0.2) is 30.4 Å². The van der Waals surface area contributed by atoms with Gasteiger partial charge < -0.3 is 9.64 Å². The summed E-state index contributed by atoms with van der Waals surface area (Å²) < 4.78 is 5.30. The van der Waals surface area contributed by atoms with Gasteiger partial charge >= 0.3 is 0 Å². The minimum atomic E-state index is 0.637. The molecule has 1 N–H and O–H groups in total. The molecular weight excluding hydrogens is 238 g/mol. The van der Waals surface area contributed by atoms with Crippen LogP contribution in [-0.2, 0) is 0 Å². The largest absolute Gasteiger partial charge is 0.497 e. The summed E-state index contributed by atoms with van der Waals surface area (Å²) in [4.78, 5) is 2.39. The van der Waals surface area contributed by atoms with Crippen LogP contribution in [0.1, 0.15) is 24.3 Å². The van der Waals surface area contributed by atoms with Crippen molar-refractivity contribution in [3.8, 4) is 5.75 Å². The quantitative estimate of drug-likeness (QED) is 0.919. The van der Waals surface area contributed by atoms with Crippen LogP contribution < -0.4 is 9.64 Å². The Kier molecular flexibility index (Phi) is 3.40. The smallest absolute Gasteiger partial charge is 0.119 e. The highest BCUT2D eigenvalue weighted by Gasteiger charge is 2.21. The second-order valence-electron chi connectivity index (χ2n) is 4.99. The van der Waals surface area contributed by atoms with Gasteiger partial charge in [-0.15, -0.1) is 0 Å². The number of nitrogens with zero attached hydrogens (tertiary/aromatic N) is 2. The molecule has 1 aliphatic rings. The first-order valence-electron chi connectivity index (χ1n) is 6.74. The first-order valence-corrected chi connectivity index (χ1v) is 6.74. The summed E-state index contributed by atoms with van der Waals surface area (Å²) in [6, 6.07) is 8.46. The van der Waals surface area contributed by atoms with Gasteiger partial charge in [-0.05, 0) is 36.5 Å². The normalized spacial score (nSPS) is 16.6. The van der Waals surface area contributed by atoms with E-state index in [1.165, 1.54) is 24.1 Å². The van der Waals surface area contributed by atoms with Crippen molar-refractivity contribution in [2.45, 2.75) is 18.8 Å². The number of hydrogen-bond acceptors (Lipinski definition) is 3. The zero-order valence-corrected chi connectivity index (χ0v) is 11.2. The minimum Gasteiger partial charge on any atom is -0.497 e. The summed E-state index contributed by atoms with van der Waals surface area (Å²) in [7, 11) is 1.72. The van der Waals surface area contributed by atoms with E-state index in [2.05, 4.69) is 33.3 Å². The van der Waals surface area contributed by atoms with Crippen molar-refractivity contribution in [2.24, 2.45) is 0 Å². The first kappa shape index (κ1) is 12.1. The number of methoxy groups -OCH3 is 1. The molecule has 0 spiro atoms. The predicted octanol–water partition coefficient (Wildman–Crippen LogP) is 2.80. The lowest BCUT2D eigenvalue weighted by atomic mass is 9.89. The van der Waals surface area contributed by atoms with E-state index in [0.717, 1.165) is 18.8 Å². The van der Waals surface area contributed by atoms with Crippen molar-refractivity contribution in [1.82, 2.24) is 10.2 Å². The maximum atomic E-state index is 5.30. The second-order valence-corrected chi connectivity index (χ2v) is 4.99. The van der Waals surface area contributed by atoms with Crippen molar-refractivity contribution < 1.29 is 4.74 Å². The van der Waals surface area contributed by atoms with Crippen molar-refractivity contribution in [2.75, 3.05) is 25.1 Å². The molecule has 1 aromatic carbocycles. The zero-order chi connectivity index (χ0) is 13.1. The molecule has 2 aromatic rings. The van der Waals surface area contributed by atoms with E-state index in [0.29, 0.717) is 5.92 Å². The van der Waals surface area contributed by atoms with E-state index < -0.39 is 0 Å². The second kappa shape index (κ2) is 5.34. The number of aromatic nitrogens is 2. The fourth-order valence-electron chi connectivity index (χ4n) is 2.78. The molecule has 0 unspecified atom stereocenters. The monoisotopic (exact) mass is 257 g/mol. The molecule has 19 heavy (non-hydrogen) atoms. The maximum absolute atomic E-state index is 5.30. The van der Waals surface area contributed by atoms with E-state index in [1.807, 2.05) is 18.5 Å². The van der Waals surface area contributed by atoms with E-state index in [-0.39, 0.29) is 0 Å². The van der Waals surface area contributed by atoms with E-state index in [9.17, 15) is 0 Å². The van der Waals surface area contributed by atoms with Gasteiger partial charge in [0.25, 0.3) is 0 Å². The lowest BCUT2D eigenvalue weighted by Gasteiger charge is -2.32. The van der Waals surface area contributed by atoms with Crippen LogP contribution in [0.2, 0.25) is 0 Å². The topological polar surface area (TPSA) is 41.1 Å². The molecule has 0 atom stereocenters. The molecule has 2 heterocycles. The standard InChI is InChI=1S/C15H19N3O/c1-19-15-4-2-3-13(9-15)12-5-7-18(8-6-12)14-10-16-17-11-14/h2-4,9-12H,5-8H2,1H3,(H,16,17). The van der Waals surface area contributed by atoms with Crippen molar-refractivity contribution in [1.29, 1.82) is 0 Å². The van der Waals surface area contributed by atoms with Crippen LogP contribution in [0.25, 0.3) is 0 Å². The minimum absolute atomic E-state index is 0.637. The third-order valence-electron chi connectivity index (χ3n) is 3.91. The van der Waals surface area contributed by atoms with E-state index in [4.69, 9.17) is 4.74 Å². The van der Waals surface area contributed by atoms with Crippen LogP contribution in [0.3, 0.4) is 0 Å². The van der Waals surface area contributed by atoms with Crippen molar-refractivity contribution in [3.63, 3.8) is 0 Å². The highest BCUT2D eigenvalue weighted by molar-refractivity contribution is 5.43. The van der Waals surface area contributed by atoms with Gasteiger partial charge in [-0.25, -0.2) is 0 Å². The molecule has 0 saturated carbocycles. The Labute approximate surface area is 113 Å². The molecule has 1 fully saturated rings. The van der Waals surface area contributed by atoms with Gasteiger partial charge in [-0.1, -0.05) is 12.1 Å². The lowest BCUT2D eigenvalue weighted by Crippen LogP contribution is -2.32. The Morgan fingerprint density at radius 3 is 2.84 bits per heavy atom. The molecule has 0 aliphatic carbocycles. The van der Waals surface area contributed by atoms with Crippen molar-refractivity contribution >= 4 is 5.69 Å². The summed E-state index contributed by atoms with van der Waals surface area (Å²) in [5, 5.41) is 6.89.